The molecule has 2 fully saturated rings. The molecule has 2 aliphatic carbocycles. The zero-order chi connectivity index (χ0) is 11.3. The Labute approximate surface area is 134 Å². The third-order valence-corrected chi connectivity index (χ3v) is 3.32. The molecule has 0 aromatic heterocycles. The Hall–Kier alpha value is 0.913. The van der Waals surface area contributed by atoms with Crippen molar-refractivity contribution in [3.63, 3.8) is 0 Å². The van der Waals surface area contributed by atoms with Gasteiger partial charge in [0.1, 0.15) is 0 Å². The van der Waals surface area contributed by atoms with E-state index in [-0.39, 0.29) is 31.9 Å². The van der Waals surface area contributed by atoms with Crippen LogP contribution in [0.2, 0.25) is 0 Å². The fraction of sp³-hybridized carbons (Fsp3) is 0.750. The molecule has 2 heteroatoms. The molecule has 0 bridgehead atoms. The smallest absolute Gasteiger partial charge is 1.00 e. The standard InChI is InChI=1S/2C8H14.ClH.Rh/c2*1-2-4-6-8-7-5-3-1;;/h2*1-2H,3-8H2;1H;/q;;;+2/p-1. The summed E-state index contributed by atoms with van der Waals surface area (Å²) in [5.74, 6) is 0. The minimum atomic E-state index is 0. The third-order valence-electron chi connectivity index (χ3n) is 3.32. The van der Waals surface area contributed by atoms with Gasteiger partial charge in [-0.2, -0.15) is 0 Å². The van der Waals surface area contributed by atoms with E-state index >= 15 is 0 Å². The van der Waals surface area contributed by atoms with Crippen molar-refractivity contribution in [3.8, 4) is 0 Å². The predicted octanol–water partition coefficient (Wildman–Crippen LogP) is 2.50. The van der Waals surface area contributed by atoms with Gasteiger partial charge < -0.3 is 12.4 Å². The van der Waals surface area contributed by atoms with E-state index in [1.807, 2.05) is 0 Å². The van der Waals surface area contributed by atoms with Crippen LogP contribution in [-0.2, 0) is 19.5 Å². The molecule has 2 saturated carbocycles. The number of hydrogen-bond donors (Lipinski definition) is 0. The molecule has 2 rings (SSSR count). The van der Waals surface area contributed by atoms with Gasteiger partial charge in [-0.1, -0.05) is 51.4 Å². The molecule has 0 aliphatic heterocycles. The van der Waals surface area contributed by atoms with Gasteiger partial charge in [0.15, 0.2) is 0 Å². The van der Waals surface area contributed by atoms with Crippen LogP contribution in [0, 0.1) is 25.7 Å². The molecule has 0 aromatic carbocycles. The van der Waals surface area contributed by atoms with Crippen molar-refractivity contribution in [1.82, 2.24) is 0 Å². The second-order valence-corrected chi connectivity index (χ2v) is 4.93. The van der Waals surface area contributed by atoms with Crippen molar-refractivity contribution in [1.29, 1.82) is 0 Å². The molecule has 18 heavy (non-hydrogen) atoms. The predicted molar refractivity (Wildman–Crippen MR) is 72.6 cm³/mol. The van der Waals surface area contributed by atoms with Crippen LogP contribution in [-0.4, -0.2) is 0 Å². The van der Waals surface area contributed by atoms with Gasteiger partial charge in [0.2, 0.25) is 0 Å². The number of halogens is 1. The summed E-state index contributed by atoms with van der Waals surface area (Å²) in [7, 11) is 0. The maximum Gasteiger partial charge on any atom is 2.00 e. The first-order valence-electron chi connectivity index (χ1n) is 7.30. The molecule has 0 spiro atoms. The minimum absolute atomic E-state index is 0. The monoisotopic (exact) mass is 358 g/mol. The Morgan fingerprint density at radius 1 is 0.389 bits per heavy atom. The fourth-order valence-corrected chi connectivity index (χ4v) is 2.23. The summed E-state index contributed by atoms with van der Waals surface area (Å²) in [6.45, 7) is 0. The van der Waals surface area contributed by atoms with Crippen LogP contribution < -0.4 is 12.4 Å². The first-order chi connectivity index (χ1) is 8.00. The molecule has 0 saturated heterocycles. The molecule has 2 aliphatic rings. The van der Waals surface area contributed by atoms with E-state index < -0.39 is 0 Å². The number of hydrogen-bond acceptors (Lipinski definition) is 0. The van der Waals surface area contributed by atoms with Crippen LogP contribution in [0.4, 0.5) is 0 Å². The zero-order valence-corrected chi connectivity index (χ0v) is 13.9. The van der Waals surface area contributed by atoms with Crippen molar-refractivity contribution < 1.29 is 31.9 Å². The van der Waals surface area contributed by atoms with Gasteiger partial charge >= 0.3 is 19.5 Å². The van der Waals surface area contributed by atoms with Crippen molar-refractivity contribution in [3.05, 3.63) is 25.7 Å². The average Bonchev–Trinajstić information content (AvgIpc) is 2.15. The number of rotatable bonds is 0. The average molecular weight is 359 g/mol. The Balaban J connectivity index is 0. The molecule has 0 aromatic rings. The van der Waals surface area contributed by atoms with Crippen molar-refractivity contribution in [2.24, 2.45) is 0 Å². The van der Waals surface area contributed by atoms with Crippen LogP contribution in [0.15, 0.2) is 0 Å². The Bertz CT molecular complexity index is 75.1. The Kier molecular flexibility index (Phi) is 21.1. The topological polar surface area (TPSA) is 0 Å². The van der Waals surface area contributed by atoms with E-state index in [2.05, 4.69) is 25.7 Å². The van der Waals surface area contributed by atoms with E-state index in [4.69, 9.17) is 0 Å². The van der Waals surface area contributed by atoms with Crippen molar-refractivity contribution >= 4 is 0 Å². The first-order valence-corrected chi connectivity index (χ1v) is 7.30. The molecule has 0 unspecified atom stereocenters. The summed E-state index contributed by atoms with van der Waals surface area (Å²) >= 11 is 0. The van der Waals surface area contributed by atoms with Crippen molar-refractivity contribution in [2.75, 3.05) is 0 Å². The Morgan fingerprint density at radius 3 is 0.833 bits per heavy atom. The quantitative estimate of drug-likeness (QED) is 0.584. The van der Waals surface area contributed by atoms with Crippen LogP contribution in [0.5, 0.6) is 0 Å². The van der Waals surface area contributed by atoms with Gasteiger partial charge in [0.05, 0.1) is 0 Å². The summed E-state index contributed by atoms with van der Waals surface area (Å²) in [6.07, 6.45) is 26.0. The van der Waals surface area contributed by atoms with Gasteiger partial charge in [0.25, 0.3) is 0 Å². The Morgan fingerprint density at radius 2 is 0.611 bits per heavy atom. The van der Waals surface area contributed by atoms with Gasteiger partial charge in [-0.25, -0.2) is 0 Å². The largest absolute Gasteiger partial charge is 2.00 e. The molecule has 0 amide bonds. The first kappa shape index (κ1) is 21.2. The van der Waals surface area contributed by atoms with Crippen LogP contribution in [0.3, 0.4) is 0 Å². The summed E-state index contributed by atoms with van der Waals surface area (Å²) in [5.41, 5.74) is 0. The van der Waals surface area contributed by atoms with E-state index in [9.17, 15) is 0 Å². The molecule has 0 N–H and O–H groups in total. The fourth-order valence-electron chi connectivity index (χ4n) is 2.23. The molecular weight excluding hydrogens is 331 g/mol. The van der Waals surface area contributed by atoms with Crippen LogP contribution >= 0.6 is 0 Å². The molecule has 107 valence electrons. The van der Waals surface area contributed by atoms with E-state index in [0.717, 1.165) is 0 Å². The maximum absolute atomic E-state index is 2.32. The molecule has 0 nitrogen and oxygen atoms in total. The van der Waals surface area contributed by atoms with Crippen molar-refractivity contribution in [2.45, 2.75) is 77.0 Å². The van der Waals surface area contributed by atoms with Crippen LogP contribution in [0.25, 0.3) is 0 Å². The second-order valence-electron chi connectivity index (χ2n) is 4.93. The van der Waals surface area contributed by atoms with Gasteiger partial charge in [0, 0.05) is 0 Å². The SMILES string of the molecule is [CH]1[CH]CCCCCC1.[CH]1[CH]CCCCCC1.[Cl-].[Rh+2]. The van der Waals surface area contributed by atoms with Gasteiger partial charge in [-0.3, -0.25) is 0 Å². The molecule has 5 radical (unpaired) electrons. The van der Waals surface area contributed by atoms with E-state index in [1.165, 1.54) is 77.0 Å². The third kappa shape index (κ3) is 15.0. The second kappa shape index (κ2) is 17.9. The van der Waals surface area contributed by atoms with Gasteiger partial charge in [-0.05, 0) is 51.4 Å². The summed E-state index contributed by atoms with van der Waals surface area (Å²) < 4.78 is 0. The van der Waals surface area contributed by atoms with E-state index in [1.54, 1.807) is 0 Å². The summed E-state index contributed by atoms with van der Waals surface area (Å²) in [6, 6.07) is 0. The molecular formula is C16H28ClRh+. The molecule has 0 heterocycles. The van der Waals surface area contributed by atoms with Gasteiger partial charge in [-0.15, -0.1) is 0 Å². The van der Waals surface area contributed by atoms with Crippen LogP contribution in [0.1, 0.15) is 77.0 Å². The summed E-state index contributed by atoms with van der Waals surface area (Å²) in [4.78, 5) is 0. The minimum Gasteiger partial charge on any atom is -1.00 e. The van der Waals surface area contributed by atoms with E-state index in [0.29, 0.717) is 0 Å². The zero-order valence-electron chi connectivity index (χ0n) is 11.5. The maximum atomic E-state index is 2.32. The molecule has 0 atom stereocenters. The summed E-state index contributed by atoms with van der Waals surface area (Å²) in [5, 5.41) is 0. The normalized spacial score (nSPS) is 21.3.